The summed E-state index contributed by atoms with van der Waals surface area (Å²) in [4.78, 5) is 35.6. The Hall–Kier alpha value is -4.66. The van der Waals surface area contributed by atoms with Crippen LogP contribution in [0.4, 0.5) is 33.6 Å². The summed E-state index contributed by atoms with van der Waals surface area (Å²) in [6.07, 6.45) is -4.06. The number of anilines is 2. The minimum Gasteiger partial charge on any atom is -0.497 e. The molecular formula is C31H29F5N4O6. The molecule has 0 aliphatic carbocycles. The quantitative estimate of drug-likeness (QED) is 0.355. The van der Waals surface area contributed by atoms with Gasteiger partial charge in [-0.05, 0) is 37.6 Å². The fourth-order valence-corrected chi connectivity index (χ4v) is 6.40. The molecule has 0 radical (unpaired) electrons. The molecule has 2 amide bonds. The van der Waals surface area contributed by atoms with E-state index in [1.165, 1.54) is 25.2 Å². The van der Waals surface area contributed by atoms with Gasteiger partial charge in [0, 0.05) is 53.9 Å². The maximum absolute atomic E-state index is 15.5. The first-order valence-corrected chi connectivity index (χ1v) is 14.3. The molecule has 1 aromatic heterocycles. The van der Waals surface area contributed by atoms with Crippen LogP contribution >= 0.6 is 0 Å². The van der Waals surface area contributed by atoms with E-state index in [1.54, 1.807) is 13.0 Å². The lowest BCUT2D eigenvalue weighted by atomic mass is 9.87. The summed E-state index contributed by atoms with van der Waals surface area (Å²) in [5.74, 6) is -4.42. The molecule has 3 aromatic rings. The smallest absolute Gasteiger partial charge is 0.497 e. The SMILES string of the molecule is COc1cc(N2C[C@@H]3C[C@H]2CO3)nc(N2C(=O)C(NC(=O)c3ccc(OC(F)(F)F)cc3)[C@H](c3c(F)cc(OC)cc3F)[C@@H]2C)c1. The monoisotopic (exact) mass is 648 g/mol. The molecule has 3 aliphatic rings. The van der Waals surface area contributed by atoms with Crippen LogP contribution in [0.25, 0.3) is 0 Å². The van der Waals surface area contributed by atoms with Crippen LogP contribution in [0, 0.1) is 11.6 Å². The Morgan fingerprint density at radius 2 is 1.61 bits per heavy atom. The van der Waals surface area contributed by atoms with Crippen LogP contribution in [-0.4, -0.2) is 74.8 Å². The average Bonchev–Trinajstić information content (AvgIpc) is 3.71. The highest BCUT2D eigenvalue weighted by atomic mass is 19.4. The molecule has 2 bridgehead atoms. The van der Waals surface area contributed by atoms with Crippen molar-refractivity contribution in [3.05, 3.63) is 71.3 Å². The molecule has 4 heterocycles. The van der Waals surface area contributed by atoms with E-state index in [9.17, 15) is 22.8 Å². The molecular weight excluding hydrogens is 619 g/mol. The highest BCUT2D eigenvalue weighted by Gasteiger charge is 2.51. The lowest BCUT2D eigenvalue weighted by Gasteiger charge is -2.30. The molecule has 0 spiro atoms. The van der Waals surface area contributed by atoms with Gasteiger partial charge in [-0.25, -0.2) is 13.8 Å². The van der Waals surface area contributed by atoms with Crippen molar-refractivity contribution in [2.75, 3.05) is 37.2 Å². The number of rotatable bonds is 8. The third-order valence-corrected chi connectivity index (χ3v) is 8.50. The van der Waals surface area contributed by atoms with Gasteiger partial charge in [-0.15, -0.1) is 13.2 Å². The van der Waals surface area contributed by atoms with Crippen molar-refractivity contribution < 1.29 is 50.5 Å². The van der Waals surface area contributed by atoms with E-state index in [-0.39, 0.29) is 29.3 Å². The molecule has 1 N–H and O–H groups in total. The lowest BCUT2D eigenvalue weighted by molar-refractivity contribution is -0.274. The molecule has 244 valence electrons. The lowest BCUT2D eigenvalue weighted by Crippen LogP contribution is -2.44. The van der Waals surface area contributed by atoms with Crippen molar-refractivity contribution in [2.45, 2.75) is 49.9 Å². The minimum atomic E-state index is -4.93. The molecule has 3 saturated heterocycles. The second-order valence-corrected chi connectivity index (χ2v) is 11.2. The van der Waals surface area contributed by atoms with Crippen LogP contribution in [0.2, 0.25) is 0 Å². The van der Waals surface area contributed by atoms with E-state index in [1.807, 2.05) is 0 Å². The highest BCUT2D eigenvalue weighted by molar-refractivity contribution is 6.05. The van der Waals surface area contributed by atoms with E-state index in [2.05, 4.69) is 15.0 Å². The summed E-state index contributed by atoms with van der Waals surface area (Å²) in [6.45, 7) is 2.69. The number of fused-ring (bicyclic) bond motifs is 2. The molecule has 46 heavy (non-hydrogen) atoms. The van der Waals surface area contributed by atoms with Crippen molar-refractivity contribution in [3.63, 3.8) is 0 Å². The van der Waals surface area contributed by atoms with Crippen LogP contribution in [0.3, 0.4) is 0 Å². The first kappa shape index (κ1) is 31.3. The van der Waals surface area contributed by atoms with Gasteiger partial charge in [0.1, 0.15) is 46.6 Å². The Morgan fingerprint density at radius 1 is 0.978 bits per heavy atom. The molecule has 6 rings (SSSR count). The molecule has 3 fully saturated rings. The normalized spacial score (nSPS) is 24.0. The van der Waals surface area contributed by atoms with E-state index in [0.717, 1.165) is 42.8 Å². The zero-order valence-corrected chi connectivity index (χ0v) is 24.8. The summed E-state index contributed by atoms with van der Waals surface area (Å²) >= 11 is 0. The van der Waals surface area contributed by atoms with E-state index >= 15 is 8.78 Å². The van der Waals surface area contributed by atoms with Crippen molar-refractivity contribution in [1.82, 2.24) is 10.3 Å². The predicted octanol–water partition coefficient (Wildman–Crippen LogP) is 4.57. The van der Waals surface area contributed by atoms with Gasteiger partial charge in [-0.1, -0.05) is 0 Å². The van der Waals surface area contributed by atoms with Crippen molar-refractivity contribution in [2.24, 2.45) is 0 Å². The number of morpholine rings is 1. The molecule has 2 aromatic carbocycles. The van der Waals surface area contributed by atoms with Gasteiger partial charge in [0.15, 0.2) is 0 Å². The summed E-state index contributed by atoms with van der Waals surface area (Å²) < 4.78 is 89.0. The molecule has 0 saturated carbocycles. The Balaban J connectivity index is 1.37. The average molecular weight is 649 g/mol. The van der Waals surface area contributed by atoms with E-state index < -0.39 is 59.1 Å². The number of ether oxygens (including phenoxy) is 4. The Labute approximate surface area is 260 Å². The fraction of sp³-hybridized carbons (Fsp3) is 0.387. The molecule has 3 aliphatic heterocycles. The number of alkyl halides is 3. The van der Waals surface area contributed by atoms with Gasteiger partial charge in [0.25, 0.3) is 11.8 Å². The number of hydrogen-bond acceptors (Lipinski definition) is 8. The zero-order valence-electron chi connectivity index (χ0n) is 24.8. The second kappa shape index (κ2) is 11.9. The Kier molecular flexibility index (Phi) is 8.12. The highest BCUT2D eigenvalue weighted by Crippen LogP contribution is 2.42. The van der Waals surface area contributed by atoms with Crippen LogP contribution in [-0.2, 0) is 9.53 Å². The van der Waals surface area contributed by atoms with Gasteiger partial charge in [-0.2, -0.15) is 0 Å². The summed E-state index contributed by atoms with van der Waals surface area (Å²) in [6, 6.07) is 6.85. The van der Waals surface area contributed by atoms with Crippen LogP contribution in [0.1, 0.15) is 35.2 Å². The minimum absolute atomic E-state index is 0.0490. The number of hydrogen-bond donors (Lipinski definition) is 1. The van der Waals surface area contributed by atoms with Crippen LogP contribution in [0.15, 0.2) is 48.5 Å². The summed E-state index contributed by atoms with van der Waals surface area (Å²) in [5.41, 5.74) is -0.573. The van der Waals surface area contributed by atoms with E-state index in [4.69, 9.17) is 19.2 Å². The number of nitrogens with zero attached hydrogens (tertiary/aromatic N) is 3. The number of aromatic nitrogens is 1. The molecule has 5 atom stereocenters. The predicted molar refractivity (Wildman–Crippen MR) is 153 cm³/mol. The first-order chi connectivity index (χ1) is 21.9. The number of nitrogens with one attached hydrogen (secondary N) is 1. The maximum Gasteiger partial charge on any atom is 0.573 e. The van der Waals surface area contributed by atoms with Crippen molar-refractivity contribution in [1.29, 1.82) is 0 Å². The number of halogens is 5. The second-order valence-electron chi connectivity index (χ2n) is 11.2. The van der Waals surface area contributed by atoms with Gasteiger partial charge in [0.2, 0.25) is 0 Å². The maximum atomic E-state index is 15.5. The van der Waals surface area contributed by atoms with Crippen molar-refractivity contribution >= 4 is 23.5 Å². The standard InChI is InChI=1S/C31H29F5N4O6/c1-15-26(27-22(32)9-19(43-2)10-23(27)33)28(38-29(41)16-4-6-18(7-5-16)46-31(34,35)36)30(42)40(15)25-12-20(44-3)11-24(37-25)39-13-21-8-17(39)14-45-21/h4-7,9-12,15,17,21,26,28H,8,13-14H2,1-3H3,(H,38,41)/t15-,17-,21-,26-,28?/m0/s1. The largest absolute Gasteiger partial charge is 0.573 e. The van der Waals surface area contributed by atoms with Gasteiger partial charge in [-0.3, -0.25) is 14.5 Å². The number of carbonyl (C=O) groups is 2. The summed E-state index contributed by atoms with van der Waals surface area (Å²) in [5, 5.41) is 2.55. The Bertz CT molecular complexity index is 1630. The first-order valence-electron chi connectivity index (χ1n) is 14.3. The number of benzene rings is 2. The van der Waals surface area contributed by atoms with Gasteiger partial charge < -0.3 is 29.2 Å². The van der Waals surface area contributed by atoms with Gasteiger partial charge >= 0.3 is 6.36 Å². The third-order valence-electron chi connectivity index (χ3n) is 8.50. The van der Waals surface area contributed by atoms with Crippen LogP contribution in [0.5, 0.6) is 17.2 Å². The van der Waals surface area contributed by atoms with Crippen molar-refractivity contribution in [3.8, 4) is 17.2 Å². The molecule has 15 heteroatoms. The third kappa shape index (κ3) is 5.86. The van der Waals surface area contributed by atoms with E-state index in [0.29, 0.717) is 24.7 Å². The topological polar surface area (TPSA) is 102 Å². The van der Waals surface area contributed by atoms with Crippen LogP contribution < -0.4 is 29.3 Å². The molecule has 10 nitrogen and oxygen atoms in total. The summed E-state index contributed by atoms with van der Waals surface area (Å²) in [7, 11) is 2.70. The number of carbonyl (C=O) groups excluding carboxylic acids is 2. The number of pyridine rings is 1. The molecule has 1 unspecified atom stereocenters. The number of methoxy groups -OCH3 is 2. The zero-order chi connectivity index (χ0) is 32.9. The Morgan fingerprint density at radius 3 is 2.17 bits per heavy atom. The number of amides is 2. The fourth-order valence-electron chi connectivity index (χ4n) is 6.40. The van der Waals surface area contributed by atoms with Gasteiger partial charge in [0.05, 0.1) is 33.0 Å².